The molecule has 0 spiro atoms. The molecule has 1 fully saturated rings. The Kier molecular flexibility index (Phi) is 7.11. The van der Waals surface area contributed by atoms with Crippen molar-refractivity contribution in [2.24, 2.45) is 5.92 Å². The molecule has 21 heavy (non-hydrogen) atoms. The monoisotopic (exact) mass is 301 g/mol. The van der Waals surface area contributed by atoms with Crippen LogP contribution in [0.3, 0.4) is 0 Å². The fraction of sp³-hybridized carbons (Fsp3) is 0.867. The molecule has 0 aromatic rings. The van der Waals surface area contributed by atoms with E-state index in [0.29, 0.717) is 38.6 Å². The van der Waals surface area contributed by atoms with Crippen LogP contribution in [-0.4, -0.2) is 48.4 Å². The van der Waals surface area contributed by atoms with Crippen LogP contribution in [0, 0.1) is 5.92 Å². The van der Waals surface area contributed by atoms with Crippen LogP contribution in [0.4, 0.5) is 0 Å². The van der Waals surface area contributed by atoms with Crippen LogP contribution in [-0.2, 0) is 19.1 Å². The summed E-state index contributed by atoms with van der Waals surface area (Å²) in [6.45, 7) is 7.24. The van der Waals surface area contributed by atoms with Crippen molar-refractivity contribution in [3.05, 3.63) is 0 Å². The predicted octanol–water partition coefficient (Wildman–Crippen LogP) is 1.58. The van der Waals surface area contributed by atoms with Gasteiger partial charge in [0.05, 0.1) is 12.7 Å². The molecule has 1 unspecified atom stereocenters. The van der Waals surface area contributed by atoms with Crippen molar-refractivity contribution in [3.8, 4) is 0 Å². The van der Waals surface area contributed by atoms with Crippen LogP contribution >= 0.6 is 0 Å². The number of carboxylic acids is 1. The molecule has 0 aromatic heterocycles. The Bertz CT molecular complexity index is 350. The van der Waals surface area contributed by atoms with E-state index in [2.05, 4.69) is 19.2 Å². The summed E-state index contributed by atoms with van der Waals surface area (Å²) in [5.41, 5.74) is -1.18. The maximum Gasteiger partial charge on any atom is 0.329 e. The minimum absolute atomic E-state index is 0.106. The van der Waals surface area contributed by atoms with Crippen molar-refractivity contribution in [2.45, 2.75) is 58.1 Å². The van der Waals surface area contributed by atoms with Gasteiger partial charge in [-0.05, 0) is 19.3 Å². The van der Waals surface area contributed by atoms with Gasteiger partial charge in [0.2, 0.25) is 5.91 Å². The van der Waals surface area contributed by atoms with Crippen molar-refractivity contribution in [2.75, 3.05) is 19.8 Å². The first-order chi connectivity index (χ1) is 9.85. The number of amides is 1. The maximum atomic E-state index is 11.9. The lowest BCUT2D eigenvalue weighted by Crippen LogP contribution is -2.57. The van der Waals surface area contributed by atoms with Crippen molar-refractivity contribution in [1.82, 2.24) is 5.32 Å². The molecule has 6 nitrogen and oxygen atoms in total. The fourth-order valence-electron chi connectivity index (χ4n) is 2.53. The number of carbonyl (C=O) groups excluding carboxylic acids is 1. The van der Waals surface area contributed by atoms with E-state index in [4.69, 9.17) is 9.47 Å². The highest BCUT2D eigenvalue weighted by atomic mass is 16.5. The lowest BCUT2D eigenvalue weighted by atomic mass is 9.90. The second-order valence-electron chi connectivity index (χ2n) is 6.11. The van der Waals surface area contributed by atoms with Gasteiger partial charge in [0.1, 0.15) is 5.54 Å². The first kappa shape index (κ1) is 17.9. The smallest absolute Gasteiger partial charge is 0.329 e. The number of ether oxygens (including phenoxy) is 2. The van der Waals surface area contributed by atoms with Gasteiger partial charge in [0, 0.05) is 32.5 Å². The molecule has 1 heterocycles. The van der Waals surface area contributed by atoms with Crippen LogP contribution in [0.25, 0.3) is 0 Å². The molecule has 1 atom stereocenters. The quantitative estimate of drug-likeness (QED) is 0.711. The molecule has 1 saturated heterocycles. The minimum Gasteiger partial charge on any atom is -0.480 e. The van der Waals surface area contributed by atoms with Crippen LogP contribution in [0.1, 0.15) is 46.5 Å². The second kappa shape index (κ2) is 8.34. The highest BCUT2D eigenvalue weighted by Crippen LogP contribution is 2.21. The molecular weight excluding hydrogens is 274 g/mol. The molecule has 122 valence electrons. The third-order valence-electron chi connectivity index (χ3n) is 3.67. The van der Waals surface area contributed by atoms with Gasteiger partial charge >= 0.3 is 5.97 Å². The zero-order valence-electron chi connectivity index (χ0n) is 13.2. The van der Waals surface area contributed by atoms with Crippen LogP contribution in [0.15, 0.2) is 0 Å². The normalized spacial score (nSPS) is 19.2. The number of rotatable bonds is 8. The number of hydrogen-bond donors (Lipinski definition) is 2. The zero-order chi connectivity index (χ0) is 15.9. The SMILES string of the molecule is CC(C)CC(C)OCCC(=O)NC1(C(=O)O)CCOCC1. The average Bonchev–Trinajstić information content (AvgIpc) is 2.38. The van der Waals surface area contributed by atoms with Crippen molar-refractivity contribution in [3.63, 3.8) is 0 Å². The van der Waals surface area contributed by atoms with E-state index in [0.717, 1.165) is 6.42 Å². The Hall–Kier alpha value is -1.14. The van der Waals surface area contributed by atoms with E-state index in [1.807, 2.05) is 6.92 Å². The Morgan fingerprint density at radius 3 is 2.43 bits per heavy atom. The number of carbonyl (C=O) groups is 2. The molecule has 1 aliphatic heterocycles. The molecule has 0 bridgehead atoms. The molecule has 1 aliphatic rings. The van der Waals surface area contributed by atoms with Gasteiger partial charge in [-0.15, -0.1) is 0 Å². The van der Waals surface area contributed by atoms with Gasteiger partial charge in [0.25, 0.3) is 0 Å². The third-order valence-corrected chi connectivity index (χ3v) is 3.67. The molecule has 0 radical (unpaired) electrons. The first-order valence-corrected chi connectivity index (χ1v) is 7.59. The van der Waals surface area contributed by atoms with Gasteiger partial charge in [-0.1, -0.05) is 13.8 Å². The third kappa shape index (κ3) is 6.01. The number of hydrogen-bond acceptors (Lipinski definition) is 4. The molecule has 1 amide bonds. The van der Waals surface area contributed by atoms with Gasteiger partial charge < -0.3 is 19.9 Å². The standard InChI is InChI=1S/C15H27NO5/c1-11(2)10-12(3)21-7-4-13(17)16-15(14(18)19)5-8-20-9-6-15/h11-12H,4-10H2,1-3H3,(H,16,17)(H,18,19). The highest BCUT2D eigenvalue weighted by Gasteiger charge is 2.41. The van der Waals surface area contributed by atoms with Gasteiger partial charge in [-0.2, -0.15) is 0 Å². The van der Waals surface area contributed by atoms with E-state index in [-0.39, 0.29) is 18.4 Å². The number of aliphatic carboxylic acids is 1. The fourth-order valence-corrected chi connectivity index (χ4v) is 2.53. The lowest BCUT2D eigenvalue weighted by molar-refractivity contribution is -0.152. The predicted molar refractivity (Wildman–Crippen MR) is 78.0 cm³/mol. The Labute approximate surface area is 126 Å². The molecule has 2 N–H and O–H groups in total. The van der Waals surface area contributed by atoms with Crippen LogP contribution < -0.4 is 5.32 Å². The molecule has 0 saturated carbocycles. The summed E-state index contributed by atoms with van der Waals surface area (Å²) in [5, 5.41) is 12.0. The Morgan fingerprint density at radius 2 is 1.90 bits per heavy atom. The summed E-state index contributed by atoms with van der Waals surface area (Å²) >= 11 is 0. The molecular formula is C15H27NO5. The summed E-state index contributed by atoms with van der Waals surface area (Å²) in [4.78, 5) is 23.3. The highest BCUT2D eigenvalue weighted by molar-refractivity contribution is 5.87. The number of nitrogens with one attached hydrogen (secondary N) is 1. The van der Waals surface area contributed by atoms with Gasteiger partial charge in [0.15, 0.2) is 0 Å². The Morgan fingerprint density at radius 1 is 1.29 bits per heavy atom. The number of carboxylic acid groups (broad SMARTS) is 1. The summed E-state index contributed by atoms with van der Waals surface area (Å²) in [5.74, 6) is -0.726. The van der Waals surface area contributed by atoms with E-state index in [1.165, 1.54) is 0 Å². The van der Waals surface area contributed by atoms with Crippen LogP contribution in [0.2, 0.25) is 0 Å². The van der Waals surface area contributed by atoms with Crippen LogP contribution in [0.5, 0.6) is 0 Å². The summed E-state index contributed by atoms with van der Waals surface area (Å²) in [6.07, 6.45) is 1.84. The summed E-state index contributed by atoms with van der Waals surface area (Å²) < 4.78 is 10.7. The summed E-state index contributed by atoms with van der Waals surface area (Å²) in [6, 6.07) is 0. The van der Waals surface area contributed by atoms with Crippen molar-refractivity contribution in [1.29, 1.82) is 0 Å². The van der Waals surface area contributed by atoms with Gasteiger partial charge in [-0.25, -0.2) is 4.79 Å². The van der Waals surface area contributed by atoms with Crippen molar-refractivity contribution < 1.29 is 24.2 Å². The van der Waals surface area contributed by atoms with E-state index < -0.39 is 11.5 Å². The van der Waals surface area contributed by atoms with Crippen molar-refractivity contribution >= 4 is 11.9 Å². The minimum atomic E-state index is -1.18. The van der Waals surface area contributed by atoms with E-state index in [1.54, 1.807) is 0 Å². The first-order valence-electron chi connectivity index (χ1n) is 7.59. The Balaban J connectivity index is 2.36. The average molecular weight is 301 g/mol. The largest absolute Gasteiger partial charge is 0.480 e. The molecule has 1 rings (SSSR count). The topological polar surface area (TPSA) is 84.9 Å². The maximum absolute atomic E-state index is 11.9. The molecule has 0 aliphatic carbocycles. The molecule has 6 heteroatoms. The zero-order valence-corrected chi connectivity index (χ0v) is 13.2. The molecule has 0 aromatic carbocycles. The lowest BCUT2D eigenvalue weighted by Gasteiger charge is -2.33. The van der Waals surface area contributed by atoms with Gasteiger partial charge in [-0.3, -0.25) is 4.79 Å². The second-order valence-corrected chi connectivity index (χ2v) is 6.11. The van der Waals surface area contributed by atoms with E-state index in [9.17, 15) is 14.7 Å². The van der Waals surface area contributed by atoms with E-state index >= 15 is 0 Å². The summed E-state index contributed by atoms with van der Waals surface area (Å²) in [7, 11) is 0.